The first-order valence-electron chi connectivity index (χ1n) is 10.2. The van der Waals surface area contributed by atoms with Gasteiger partial charge in [-0.1, -0.05) is 17.7 Å². The molecule has 1 amide bonds. The minimum Gasteiger partial charge on any atom is -0.400 e. The van der Waals surface area contributed by atoms with Crippen molar-refractivity contribution >= 4 is 30.3 Å². The van der Waals surface area contributed by atoms with E-state index in [2.05, 4.69) is 39.1 Å². The van der Waals surface area contributed by atoms with E-state index in [0.29, 0.717) is 29.2 Å². The third-order valence-corrected chi connectivity index (χ3v) is 7.18. The summed E-state index contributed by atoms with van der Waals surface area (Å²) >= 11 is 5.89. The lowest BCUT2D eigenvalue weighted by molar-refractivity contribution is -0.117. The Morgan fingerprint density at radius 3 is 2.39 bits per heavy atom. The first kappa shape index (κ1) is 20.0. The Bertz CT molecular complexity index is 773. The standard InChI is InChI=1S/C22H29BClNO3/c1-21(2)22(3,4)28-23(27-21)17-12-15-9-14(10-16(15)13-17)11-20(26)25-19-7-5-18(24)6-8-19/h5-8,12,14-16H,9-11,13H2,1-4H3,(H,25,26)/t14-,15-,16+/m0/s1. The van der Waals surface area contributed by atoms with Crippen LogP contribution in [0.2, 0.25) is 5.02 Å². The van der Waals surface area contributed by atoms with Crippen molar-refractivity contribution in [1.29, 1.82) is 0 Å². The van der Waals surface area contributed by atoms with Gasteiger partial charge in [0, 0.05) is 17.1 Å². The van der Waals surface area contributed by atoms with Crippen molar-refractivity contribution in [3.63, 3.8) is 0 Å². The van der Waals surface area contributed by atoms with Crippen LogP contribution in [0.1, 0.15) is 53.4 Å². The van der Waals surface area contributed by atoms with Crippen molar-refractivity contribution in [2.75, 3.05) is 5.32 Å². The molecule has 1 aromatic carbocycles. The Kier molecular flexibility index (Phi) is 5.14. The molecule has 28 heavy (non-hydrogen) atoms. The highest BCUT2D eigenvalue weighted by Gasteiger charge is 2.54. The highest BCUT2D eigenvalue weighted by atomic mass is 35.5. The van der Waals surface area contributed by atoms with Crippen LogP contribution in [0.4, 0.5) is 5.69 Å². The number of fused-ring (bicyclic) bond motifs is 1. The number of halogens is 1. The summed E-state index contributed by atoms with van der Waals surface area (Å²) in [6.45, 7) is 8.38. The van der Waals surface area contributed by atoms with Crippen LogP contribution in [0.25, 0.3) is 0 Å². The number of rotatable bonds is 4. The summed E-state index contributed by atoms with van der Waals surface area (Å²) in [5.41, 5.74) is 1.50. The van der Waals surface area contributed by atoms with Gasteiger partial charge in [0.2, 0.25) is 5.91 Å². The summed E-state index contributed by atoms with van der Waals surface area (Å²) in [6, 6.07) is 7.25. The van der Waals surface area contributed by atoms with Gasteiger partial charge in [-0.05, 0) is 94.4 Å². The van der Waals surface area contributed by atoms with Crippen LogP contribution >= 0.6 is 11.6 Å². The molecule has 3 atom stereocenters. The van der Waals surface area contributed by atoms with Gasteiger partial charge in [0.05, 0.1) is 11.2 Å². The lowest BCUT2D eigenvalue weighted by Crippen LogP contribution is -2.41. The summed E-state index contributed by atoms with van der Waals surface area (Å²) in [7, 11) is -0.220. The highest BCUT2D eigenvalue weighted by Crippen LogP contribution is 2.49. The van der Waals surface area contributed by atoms with Crippen LogP contribution in [0.5, 0.6) is 0 Å². The largest absolute Gasteiger partial charge is 0.490 e. The summed E-state index contributed by atoms with van der Waals surface area (Å²) in [5.74, 6) is 1.69. The van der Waals surface area contributed by atoms with Gasteiger partial charge in [0.1, 0.15) is 0 Å². The average molecular weight is 402 g/mol. The predicted octanol–water partition coefficient (Wildman–Crippen LogP) is 5.27. The maximum Gasteiger partial charge on any atom is 0.490 e. The quantitative estimate of drug-likeness (QED) is 0.699. The number of hydrogen-bond donors (Lipinski definition) is 1. The molecular weight excluding hydrogens is 373 g/mol. The number of carbonyl (C=O) groups excluding carboxylic acids is 1. The maximum absolute atomic E-state index is 12.4. The van der Waals surface area contributed by atoms with Gasteiger partial charge in [-0.25, -0.2) is 0 Å². The lowest BCUT2D eigenvalue weighted by atomic mass is 9.76. The third-order valence-electron chi connectivity index (χ3n) is 6.93. The second kappa shape index (κ2) is 7.19. The van der Waals surface area contributed by atoms with Gasteiger partial charge in [0.15, 0.2) is 0 Å². The summed E-state index contributed by atoms with van der Waals surface area (Å²) < 4.78 is 12.4. The Morgan fingerprint density at radius 2 is 1.79 bits per heavy atom. The van der Waals surface area contributed by atoms with Crippen molar-refractivity contribution in [3.05, 3.63) is 40.8 Å². The van der Waals surface area contributed by atoms with Crippen molar-refractivity contribution in [3.8, 4) is 0 Å². The SMILES string of the molecule is CC1(C)OB(C2=C[C@@H]3C[C@H](CC(=O)Nc4ccc(Cl)cc4)C[C@@H]3C2)OC1(C)C. The third kappa shape index (κ3) is 3.89. The molecule has 1 aromatic rings. The van der Waals surface area contributed by atoms with Gasteiger partial charge in [-0.3, -0.25) is 4.79 Å². The molecular formula is C22H29BClNO3. The van der Waals surface area contributed by atoms with Crippen LogP contribution in [-0.2, 0) is 14.1 Å². The number of hydrogen-bond acceptors (Lipinski definition) is 3. The summed E-state index contributed by atoms with van der Waals surface area (Å²) in [5, 5.41) is 3.65. The van der Waals surface area contributed by atoms with Gasteiger partial charge in [-0.15, -0.1) is 0 Å². The monoisotopic (exact) mass is 401 g/mol. The van der Waals surface area contributed by atoms with E-state index in [-0.39, 0.29) is 24.2 Å². The van der Waals surface area contributed by atoms with E-state index in [9.17, 15) is 4.79 Å². The molecule has 2 aliphatic carbocycles. The fraction of sp³-hybridized carbons (Fsp3) is 0.591. The minimum absolute atomic E-state index is 0.0856. The topological polar surface area (TPSA) is 47.6 Å². The van der Waals surface area contributed by atoms with Crippen molar-refractivity contribution in [1.82, 2.24) is 0 Å². The van der Waals surface area contributed by atoms with E-state index in [4.69, 9.17) is 20.9 Å². The van der Waals surface area contributed by atoms with E-state index in [1.807, 2.05) is 12.1 Å². The van der Waals surface area contributed by atoms with E-state index in [1.54, 1.807) is 12.1 Å². The first-order chi connectivity index (χ1) is 13.1. The lowest BCUT2D eigenvalue weighted by Gasteiger charge is -2.32. The van der Waals surface area contributed by atoms with E-state index < -0.39 is 0 Å². The zero-order valence-electron chi connectivity index (χ0n) is 17.1. The molecule has 4 nitrogen and oxygen atoms in total. The number of anilines is 1. The van der Waals surface area contributed by atoms with E-state index >= 15 is 0 Å². The molecule has 1 saturated heterocycles. The molecule has 6 heteroatoms. The molecule has 0 aromatic heterocycles. The molecule has 1 saturated carbocycles. The Morgan fingerprint density at radius 1 is 1.14 bits per heavy atom. The van der Waals surface area contributed by atoms with E-state index in [0.717, 1.165) is 24.9 Å². The molecule has 4 rings (SSSR count). The minimum atomic E-state index is -0.293. The van der Waals surface area contributed by atoms with Gasteiger partial charge in [-0.2, -0.15) is 0 Å². The second-order valence-corrected chi connectivity index (χ2v) is 9.99. The Hall–Kier alpha value is -1.30. The smallest absolute Gasteiger partial charge is 0.400 e. The van der Waals surface area contributed by atoms with Gasteiger partial charge >= 0.3 is 7.12 Å². The fourth-order valence-corrected chi connectivity index (χ4v) is 4.83. The van der Waals surface area contributed by atoms with Crippen LogP contribution < -0.4 is 5.32 Å². The Balaban J connectivity index is 1.31. The highest BCUT2D eigenvalue weighted by molar-refractivity contribution is 6.54. The van der Waals surface area contributed by atoms with Crippen LogP contribution in [0.3, 0.4) is 0 Å². The number of nitrogens with one attached hydrogen (secondary N) is 1. The maximum atomic E-state index is 12.4. The van der Waals surface area contributed by atoms with Crippen molar-refractivity contribution < 1.29 is 14.1 Å². The second-order valence-electron chi connectivity index (χ2n) is 9.55. The Labute approximate surface area is 173 Å². The zero-order chi connectivity index (χ0) is 20.1. The van der Waals surface area contributed by atoms with Gasteiger partial charge < -0.3 is 14.6 Å². The van der Waals surface area contributed by atoms with Crippen LogP contribution in [-0.4, -0.2) is 24.2 Å². The summed E-state index contributed by atoms with van der Waals surface area (Å²) in [6.07, 6.45) is 6.13. The molecule has 1 N–H and O–H groups in total. The van der Waals surface area contributed by atoms with E-state index in [1.165, 1.54) is 5.47 Å². The number of allylic oxidation sites excluding steroid dienone is 2. The van der Waals surface area contributed by atoms with Crippen molar-refractivity contribution in [2.45, 2.75) is 64.6 Å². The molecule has 0 spiro atoms. The number of amides is 1. The molecule has 150 valence electrons. The molecule has 0 radical (unpaired) electrons. The molecule has 0 bridgehead atoms. The molecule has 0 unspecified atom stereocenters. The fourth-order valence-electron chi connectivity index (χ4n) is 4.70. The first-order valence-corrected chi connectivity index (χ1v) is 10.6. The number of benzene rings is 1. The normalized spacial score (nSPS) is 30.2. The molecule has 3 aliphatic rings. The average Bonchev–Trinajstić information content (AvgIpc) is 3.19. The molecule has 2 fully saturated rings. The van der Waals surface area contributed by atoms with Crippen LogP contribution in [0, 0.1) is 17.8 Å². The van der Waals surface area contributed by atoms with Crippen LogP contribution in [0.15, 0.2) is 35.8 Å². The summed E-state index contributed by atoms with van der Waals surface area (Å²) in [4.78, 5) is 12.4. The number of carbonyl (C=O) groups is 1. The van der Waals surface area contributed by atoms with Crippen molar-refractivity contribution in [2.24, 2.45) is 17.8 Å². The molecule has 1 aliphatic heterocycles. The molecule has 1 heterocycles. The zero-order valence-corrected chi connectivity index (χ0v) is 17.9. The predicted molar refractivity (Wildman–Crippen MR) is 113 cm³/mol. The van der Waals surface area contributed by atoms with Gasteiger partial charge in [0.25, 0.3) is 0 Å².